The van der Waals surface area contributed by atoms with E-state index in [1.54, 1.807) is 7.11 Å². The summed E-state index contributed by atoms with van der Waals surface area (Å²) in [5.74, 6) is 1.43. The first kappa shape index (κ1) is 16.0. The molecule has 0 bridgehead atoms. The molecule has 0 amide bonds. The summed E-state index contributed by atoms with van der Waals surface area (Å²) in [5.41, 5.74) is 4.35. The van der Waals surface area contributed by atoms with E-state index in [0.717, 1.165) is 33.9 Å². The van der Waals surface area contributed by atoms with Crippen molar-refractivity contribution in [3.05, 3.63) is 78.5 Å². The van der Waals surface area contributed by atoms with Crippen LogP contribution in [-0.4, -0.2) is 16.5 Å². The van der Waals surface area contributed by atoms with Crippen molar-refractivity contribution in [2.45, 2.75) is 6.92 Å². The van der Waals surface area contributed by atoms with Crippen molar-refractivity contribution in [2.75, 3.05) is 7.11 Å². The first-order valence-corrected chi connectivity index (χ1v) is 8.36. The molecule has 0 aliphatic carbocycles. The molecule has 0 radical (unpaired) electrons. The van der Waals surface area contributed by atoms with E-state index in [0.29, 0.717) is 5.82 Å². The lowest BCUT2D eigenvalue weighted by Crippen LogP contribution is -1.88. The fourth-order valence-electron chi connectivity index (χ4n) is 2.88. The van der Waals surface area contributed by atoms with Crippen LogP contribution >= 0.6 is 0 Å². The normalized spacial score (nSPS) is 11.3. The Morgan fingerprint density at radius 1 is 0.885 bits per heavy atom. The van der Waals surface area contributed by atoms with E-state index < -0.39 is 0 Å². The Hall–Kier alpha value is -3.47. The van der Waals surface area contributed by atoms with Gasteiger partial charge in [-0.2, -0.15) is 0 Å². The van der Waals surface area contributed by atoms with Gasteiger partial charge in [0.2, 0.25) is 0 Å². The zero-order valence-corrected chi connectivity index (χ0v) is 14.6. The van der Waals surface area contributed by atoms with Crippen LogP contribution < -0.4 is 4.74 Å². The quantitative estimate of drug-likeness (QED) is 0.444. The molecule has 0 saturated carbocycles. The zero-order chi connectivity index (χ0) is 17.9. The van der Waals surface area contributed by atoms with E-state index in [-0.39, 0.29) is 0 Å². The molecule has 128 valence electrons. The lowest BCUT2D eigenvalue weighted by molar-refractivity contribution is 0.416. The molecule has 0 aliphatic heterocycles. The Morgan fingerprint density at radius 3 is 2.50 bits per heavy atom. The van der Waals surface area contributed by atoms with E-state index in [1.165, 1.54) is 0 Å². The second-order valence-corrected chi connectivity index (χ2v) is 5.90. The monoisotopic (exact) mass is 342 g/mol. The molecule has 0 atom stereocenters. The molecule has 4 rings (SSSR count). The predicted molar refractivity (Wildman–Crippen MR) is 103 cm³/mol. The number of hydrogen-bond donors (Lipinski definition) is 0. The molecule has 0 fully saturated rings. The van der Waals surface area contributed by atoms with Crippen LogP contribution in [0, 0.1) is 6.92 Å². The zero-order valence-electron chi connectivity index (χ0n) is 14.6. The Balaban J connectivity index is 1.92. The van der Waals surface area contributed by atoms with Gasteiger partial charge in [0, 0.05) is 11.8 Å². The minimum atomic E-state index is 0.674. The number of methoxy groups -OCH3 is 1. The average Bonchev–Trinajstić information content (AvgIpc) is 3.06. The topological polar surface area (TPSA) is 51.2 Å². The smallest absolute Gasteiger partial charge is 0.187 e. The molecule has 0 N–H and O–H groups in total. The summed E-state index contributed by atoms with van der Waals surface area (Å²) < 4.78 is 7.45. The molecular weight excluding hydrogens is 324 g/mol. The molecule has 2 aromatic heterocycles. The number of nitrogens with zero attached hydrogens (tertiary/aromatic N) is 4. The van der Waals surface area contributed by atoms with E-state index in [4.69, 9.17) is 9.72 Å². The molecule has 2 aromatic carbocycles. The molecule has 0 unspecified atom stereocenters. The predicted octanol–water partition coefficient (Wildman–Crippen LogP) is 5.73. The van der Waals surface area contributed by atoms with Gasteiger partial charge in [-0.15, -0.1) is 10.2 Å². The van der Waals surface area contributed by atoms with Crippen LogP contribution in [-0.2, 0) is 0 Å². The molecule has 0 spiro atoms. The highest BCUT2D eigenvalue weighted by Crippen LogP contribution is 2.37. The van der Waals surface area contributed by atoms with Crippen LogP contribution in [0.5, 0.6) is 5.75 Å². The highest BCUT2D eigenvalue weighted by molar-refractivity contribution is 5.78. The van der Waals surface area contributed by atoms with Gasteiger partial charge in [0.15, 0.2) is 5.82 Å². The van der Waals surface area contributed by atoms with Gasteiger partial charge in [-0.25, -0.2) is 4.98 Å². The summed E-state index contributed by atoms with van der Waals surface area (Å²) >= 11 is 0. The number of aromatic nitrogens is 2. The number of rotatable bonds is 4. The third-order valence-electron chi connectivity index (χ3n) is 4.23. The maximum absolute atomic E-state index is 5.51. The third kappa shape index (κ3) is 2.84. The van der Waals surface area contributed by atoms with Gasteiger partial charge < -0.3 is 4.74 Å². The van der Waals surface area contributed by atoms with E-state index in [1.807, 2.05) is 84.3 Å². The largest absolute Gasteiger partial charge is 0.496 e. The first-order chi connectivity index (χ1) is 12.8. The molecule has 4 aromatic rings. The highest BCUT2D eigenvalue weighted by Gasteiger charge is 2.17. The molecular formula is C21H18N4O. The maximum Gasteiger partial charge on any atom is 0.187 e. The number of benzene rings is 2. The maximum atomic E-state index is 5.51. The summed E-state index contributed by atoms with van der Waals surface area (Å²) in [6.07, 6.45) is 1.94. The van der Waals surface area contributed by atoms with Gasteiger partial charge in [-0.05, 0) is 42.8 Å². The van der Waals surface area contributed by atoms with Crippen molar-refractivity contribution in [3.63, 3.8) is 0 Å². The Bertz CT molecular complexity index is 1100. The number of hydrogen-bond acceptors (Lipinski definition) is 4. The van der Waals surface area contributed by atoms with Gasteiger partial charge in [-0.3, -0.25) is 4.40 Å². The fraction of sp³-hybridized carbons (Fsp3) is 0.0952. The Labute approximate surface area is 151 Å². The number of fused-ring (bicyclic) bond motifs is 1. The van der Waals surface area contributed by atoms with E-state index >= 15 is 0 Å². The second-order valence-electron chi connectivity index (χ2n) is 5.90. The number of ether oxygens (including phenoxy) is 1. The number of azo groups is 1. The average molecular weight is 342 g/mol. The lowest BCUT2D eigenvalue weighted by Gasteiger charge is -2.06. The first-order valence-electron chi connectivity index (χ1n) is 8.36. The lowest BCUT2D eigenvalue weighted by atomic mass is 10.1. The van der Waals surface area contributed by atoms with Crippen LogP contribution in [0.4, 0.5) is 11.5 Å². The summed E-state index contributed by atoms with van der Waals surface area (Å²) in [6, 6.07) is 21.6. The van der Waals surface area contributed by atoms with Crippen molar-refractivity contribution in [1.29, 1.82) is 0 Å². The summed E-state index contributed by atoms with van der Waals surface area (Å²) in [6.45, 7) is 2.02. The molecule has 5 nitrogen and oxygen atoms in total. The van der Waals surface area contributed by atoms with Crippen LogP contribution in [0.3, 0.4) is 0 Å². The van der Waals surface area contributed by atoms with Crippen molar-refractivity contribution >= 4 is 17.2 Å². The molecule has 0 aliphatic rings. The Morgan fingerprint density at radius 2 is 1.65 bits per heavy atom. The number of aryl methyl sites for hydroxylation is 1. The van der Waals surface area contributed by atoms with Crippen molar-refractivity contribution in [1.82, 2.24) is 9.38 Å². The Kier molecular flexibility index (Phi) is 4.19. The van der Waals surface area contributed by atoms with Gasteiger partial charge in [0.25, 0.3) is 0 Å². The van der Waals surface area contributed by atoms with Gasteiger partial charge in [-0.1, -0.05) is 36.4 Å². The number of para-hydroxylation sites is 1. The van der Waals surface area contributed by atoms with Crippen LogP contribution in [0.2, 0.25) is 0 Å². The summed E-state index contributed by atoms with van der Waals surface area (Å²) in [5, 5.41) is 9.01. The van der Waals surface area contributed by atoms with E-state index in [9.17, 15) is 0 Å². The molecule has 0 saturated heterocycles. The summed E-state index contributed by atoms with van der Waals surface area (Å²) in [4.78, 5) is 4.76. The van der Waals surface area contributed by atoms with Crippen LogP contribution in [0.15, 0.2) is 83.2 Å². The van der Waals surface area contributed by atoms with E-state index in [2.05, 4.69) is 10.2 Å². The minimum absolute atomic E-state index is 0.674. The standard InChI is InChI=1S/C21H18N4O/c1-15-9-3-5-11-17(15)23-24-21-20(16-10-4-6-12-18(16)26-2)22-19-13-7-8-14-25(19)21/h3-14H,1-2H3. The van der Waals surface area contributed by atoms with Crippen molar-refractivity contribution < 1.29 is 4.74 Å². The minimum Gasteiger partial charge on any atom is -0.496 e. The van der Waals surface area contributed by atoms with Gasteiger partial charge in [0.05, 0.1) is 12.8 Å². The molecule has 26 heavy (non-hydrogen) atoms. The molecule has 5 heteroatoms. The van der Waals surface area contributed by atoms with Crippen LogP contribution in [0.25, 0.3) is 16.9 Å². The van der Waals surface area contributed by atoms with Crippen LogP contribution in [0.1, 0.15) is 5.56 Å². The van der Waals surface area contributed by atoms with Crippen molar-refractivity contribution in [3.8, 4) is 17.0 Å². The number of imidazole rings is 1. The SMILES string of the molecule is COc1ccccc1-c1nc2ccccn2c1N=Nc1ccccc1C. The van der Waals surface area contributed by atoms with Gasteiger partial charge in [0.1, 0.15) is 17.1 Å². The highest BCUT2D eigenvalue weighted by atomic mass is 16.5. The third-order valence-corrected chi connectivity index (χ3v) is 4.23. The second kappa shape index (κ2) is 6.80. The van der Waals surface area contributed by atoms with Crippen molar-refractivity contribution in [2.24, 2.45) is 10.2 Å². The number of pyridine rings is 1. The summed E-state index contributed by atoms with van der Waals surface area (Å²) in [7, 11) is 1.66. The van der Waals surface area contributed by atoms with Gasteiger partial charge >= 0.3 is 0 Å². The molecule has 2 heterocycles. The fourth-order valence-corrected chi connectivity index (χ4v) is 2.88.